The summed E-state index contributed by atoms with van der Waals surface area (Å²) in [7, 11) is 3.15. The normalized spacial score (nSPS) is 20.4. The Labute approximate surface area is 256 Å². The number of nitrogens with zero attached hydrogens (tertiary/aromatic N) is 1. The Balaban J connectivity index is 1.53. The summed E-state index contributed by atoms with van der Waals surface area (Å²) in [5, 5.41) is 2.94. The van der Waals surface area contributed by atoms with E-state index in [1.54, 1.807) is 18.9 Å². The van der Waals surface area contributed by atoms with E-state index in [2.05, 4.69) is 35.3 Å². The molecule has 3 atom stereocenters. The molecule has 1 aliphatic heterocycles. The Bertz CT molecular complexity index is 1170. The minimum absolute atomic E-state index is 0.186. The summed E-state index contributed by atoms with van der Waals surface area (Å²) in [6.45, 7) is 5.23. The van der Waals surface area contributed by atoms with E-state index in [0.29, 0.717) is 30.6 Å². The second-order valence-corrected chi connectivity index (χ2v) is 12.7. The third kappa shape index (κ3) is 8.82. The molecular formula is C34H48N2O5S. The molecule has 1 heterocycles. The van der Waals surface area contributed by atoms with Crippen LogP contribution in [-0.4, -0.2) is 81.0 Å². The molecule has 0 radical (unpaired) electrons. The number of nitrogens with one attached hydrogen (secondary N) is 1. The molecule has 4 rings (SSSR count). The second kappa shape index (κ2) is 16.5. The minimum Gasteiger partial charge on any atom is -0.467 e. The highest BCUT2D eigenvalue weighted by molar-refractivity contribution is 7.98. The van der Waals surface area contributed by atoms with Crippen molar-refractivity contribution in [1.82, 2.24) is 10.2 Å². The summed E-state index contributed by atoms with van der Waals surface area (Å²) >= 11 is 1.63. The lowest BCUT2D eigenvalue weighted by Crippen LogP contribution is -2.42. The highest BCUT2D eigenvalue weighted by Crippen LogP contribution is 2.31. The van der Waals surface area contributed by atoms with E-state index in [0.717, 1.165) is 54.1 Å². The van der Waals surface area contributed by atoms with Crippen molar-refractivity contribution in [3.05, 3.63) is 59.2 Å². The van der Waals surface area contributed by atoms with Gasteiger partial charge in [0.25, 0.3) is 5.91 Å². The zero-order valence-corrected chi connectivity index (χ0v) is 26.5. The molecule has 42 heavy (non-hydrogen) atoms. The van der Waals surface area contributed by atoms with Crippen molar-refractivity contribution in [3.8, 4) is 11.1 Å². The fourth-order valence-electron chi connectivity index (χ4n) is 6.28. The maximum absolute atomic E-state index is 13.6. The SMILES string of the molecule is COC(=O)[C@H](CCSC)NC(=O)c1ccc(CN2CC(OC)C[C@H]2COCC2CCCCC2)cc1-c1ccccc1C. The molecule has 2 fully saturated rings. The summed E-state index contributed by atoms with van der Waals surface area (Å²) in [6, 6.07) is 13.8. The van der Waals surface area contributed by atoms with Gasteiger partial charge in [-0.25, -0.2) is 4.79 Å². The lowest BCUT2D eigenvalue weighted by molar-refractivity contribution is -0.142. The summed E-state index contributed by atoms with van der Waals surface area (Å²) in [4.78, 5) is 28.5. The molecule has 2 aromatic rings. The van der Waals surface area contributed by atoms with Gasteiger partial charge in [-0.1, -0.05) is 49.6 Å². The van der Waals surface area contributed by atoms with Crippen molar-refractivity contribution in [2.45, 2.75) is 76.6 Å². The first-order valence-electron chi connectivity index (χ1n) is 15.3. The van der Waals surface area contributed by atoms with Crippen LogP contribution in [0, 0.1) is 12.8 Å². The maximum Gasteiger partial charge on any atom is 0.328 e. The van der Waals surface area contributed by atoms with Crippen LogP contribution < -0.4 is 5.32 Å². The first-order valence-corrected chi connectivity index (χ1v) is 16.7. The molecule has 1 aliphatic carbocycles. The Morgan fingerprint density at radius 2 is 1.83 bits per heavy atom. The third-order valence-electron chi connectivity index (χ3n) is 8.76. The summed E-state index contributed by atoms with van der Waals surface area (Å²) in [6.07, 6.45) is 10.2. The molecule has 1 N–H and O–H groups in total. The van der Waals surface area contributed by atoms with Crippen LogP contribution in [0.25, 0.3) is 11.1 Å². The molecule has 8 heteroatoms. The lowest BCUT2D eigenvalue weighted by atomic mass is 9.90. The van der Waals surface area contributed by atoms with Gasteiger partial charge in [0, 0.05) is 38.4 Å². The van der Waals surface area contributed by atoms with Crippen molar-refractivity contribution in [2.75, 3.05) is 46.0 Å². The maximum atomic E-state index is 13.6. The number of methoxy groups -OCH3 is 2. The molecule has 1 unspecified atom stereocenters. The van der Waals surface area contributed by atoms with E-state index in [-0.39, 0.29) is 12.0 Å². The second-order valence-electron chi connectivity index (χ2n) is 11.7. The fraction of sp³-hybridized carbons (Fsp3) is 0.588. The number of hydrogen-bond donors (Lipinski definition) is 1. The molecule has 1 amide bonds. The number of carbonyl (C=O) groups is 2. The Kier molecular flexibility index (Phi) is 12.7. The van der Waals surface area contributed by atoms with Crippen LogP contribution in [0.3, 0.4) is 0 Å². The largest absolute Gasteiger partial charge is 0.467 e. The van der Waals surface area contributed by atoms with Gasteiger partial charge in [-0.2, -0.15) is 11.8 Å². The van der Waals surface area contributed by atoms with Gasteiger partial charge in [-0.3, -0.25) is 9.69 Å². The number of benzene rings is 2. The van der Waals surface area contributed by atoms with Crippen LogP contribution in [0.1, 0.15) is 66.4 Å². The number of carbonyl (C=O) groups excluding carboxylic acids is 2. The zero-order chi connectivity index (χ0) is 29.9. The Morgan fingerprint density at radius 1 is 1.05 bits per heavy atom. The fourth-order valence-corrected chi connectivity index (χ4v) is 6.75. The van der Waals surface area contributed by atoms with E-state index in [4.69, 9.17) is 14.2 Å². The van der Waals surface area contributed by atoms with Crippen LogP contribution in [0.2, 0.25) is 0 Å². The third-order valence-corrected chi connectivity index (χ3v) is 9.41. The number of amides is 1. The number of aryl methyl sites for hydroxylation is 1. The first kappa shape index (κ1) is 32.5. The van der Waals surface area contributed by atoms with Crippen molar-refractivity contribution >= 4 is 23.6 Å². The average Bonchev–Trinajstić information content (AvgIpc) is 3.40. The van der Waals surface area contributed by atoms with Crippen molar-refractivity contribution in [3.63, 3.8) is 0 Å². The van der Waals surface area contributed by atoms with E-state index in [9.17, 15) is 9.59 Å². The molecular weight excluding hydrogens is 548 g/mol. The monoisotopic (exact) mass is 596 g/mol. The average molecular weight is 597 g/mol. The van der Waals surface area contributed by atoms with Crippen LogP contribution in [0.5, 0.6) is 0 Å². The number of ether oxygens (including phenoxy) is 3. The minimum atomic E-state index is -0.690. The van der Waals surface area contributed by atoms with Gasteiger partial charge in [-0.05, 0) is 84.9 Å². The van der Waals surface area contributed by atoms with Gasteiger partial charge in [0.1, 0.15) is 6.04 Å². The molecule has 2 aliphatic rings. The number of thioether (sulfide) groups is 1. The number of rotatable bonds is 14. The summed E-state index contributed by atoms with van der Waals surface area (Å²) in [5.74, 6) is 0.741. The number of likely N-dealkylation sites (tertiary alicyclic amines) is 1. The van der Waals surface area contributed by atoms with Gasteiger partial charge in [0.2, 0.25) is 0 Å². The number of hydrogen-bond acceptors (Lipinski definition) is 7. The van der Waals surface area contributed by atoms with Crippen molar-refractivity contribution < 1.29 is 23.8 Å². The van der Waals surface area contributed by atoms with E-state index >= 15 is 0 Å². The predicted molar refractivity (Wildman–Crippen MR) is 170 cm³/mol. The summed E-state index contributed by atoms with van der Waals surface area (Å²) < 4.78 is 17.0. The van der Waals surface area contributed by atoms with Gasteiger partial charge in [0.05, 0.1) is 19.8 Å². The van der Waals surface area contributed by atoms with Gasteiger partial charge in [-0.15, -0.1) is 0 Å². The van der Waals surface area contributed by atoms with Crippen LogP contribution >= 0.6 is 11.8 Å². The molecule has 0 spiro atoms. The molecule has 1 saturated carbocycles. The topological polar surface area (TPSA) is 77.1 Å². The standard InChI is InChI=1S/C34H48N2O5S/c1-24-10-8-9-13-29(24)31-18-26(14-15-30(31)33(37)35-32(16-17-42-4)34(38)40-3)20-36-21-28(39-2)19-27(36)23-41-22-25-11-6-5-7-12-25/h8-10,13-15,18,25,27-28,32H,5-7,11-12,16-17,19-23H2,1-4H3,(H,35,37)/t27-,28?,32-/m0/s1. The Hall–Kier alpha value is -2.39. The predicted octanol–water partition coefficient (Wildman–Crippen LogP) is 5.87. The van der Waals surface area contributed by atoms with Crippen LogP contribution in [-0.2, 0) is 25.5 Å². The molecule has 0 bridgehead atoms. The Morgan fingerprint density at radius 3 is 2.55 bits per heavy atom. The molecule has 230 valence electrons. The lowest BCUT2D eigenvalue weighted by Gasteiger charge is -2.26. The van der Waals surface area contributed by atoms with Crippen molar-refractivity contribution in [2.24, 2.45) is 5.92 Å². The molecule has 2 aromatic carbocycles. The summed E-state index contributed by atoms with van der Waals surface area (Å²) in [5.41, 5.74) is 4.64. The van der Waals surface area contributed by atoms with E-state index < -0.39 is 12.0 Å². The molecule has 0 aromatic heterocycles. The van der Waals surface area contributed by atoms with Gasteiger partial charge < -0.3 is 19.5 Å². The van der Waals surface area contributed by atoms with Crippen LogP contribution in [0.15, 0.2) is 42.5 Å². The molecule has 7 nitrogen and oxygen atoms in total. The zero-order valence-electron chi connectivity index (χ0n) is 25.7. The highest BCUT2D eigenvalue weighted by Gasteiger charge is 2.33. The van der Waals surface area contributed by atoms with E-state index in [1.165, 1.54) is 39.2 Å². The van der Waals surface area contributed by atoms with Crippen molar-refractivity contribution in [1.29, 1.82) is 0 Å². The van der Waals surface area contributed by atoms with E-state index in [1.807, 2.05) is 30.5 Å². The van der Waals surface area contributed by atoms with Crippen LogP contribution in [0.4, 0.5) is 0 Å². The highest BCUT2D eigenvalue weighted by atomic mass is 32.2. The smallest absolute Gasteiger partial charge is 0.328 e. The quantitative estimate of drug-likeness (QED) is 0.273. The first-order chi connectivity index (χ1) is 20.4. The molecule has 1 saturated heterocycles. The number of esters is 1. The van der Waals surface area contributed by atoms with Gasteiger partial charge >= 0.3 is 5.97 Å². The van der Waals surface area contributed by atoms with Gasteiger partial charge in [0.15, 0.2) is 0 Å².